The standard InChI is InChI=1S/C19H15F3N4O2S/c20-19(21,22)13-5-3-6-14(8-13)24-18-25-15(11-29-18)9-17(28)26-23-10-12-4-1-2-7-16(12)27/h1-8,10-11,27H,9H2,(H,24,25)(H,26,28). The van der Waals surface area contributed by atoms with Crippen LogP contribution >= 0.6 is 11.3 Å². The molecular formula is C19H15F3N4O2S. The molecule has 0 aliphatic heterocycles. The Morgan fingerprint density at radius 1 is 1.21 bits per heavy atom. The van der Waals surface area contributed by atoms with Crippen LogP contribution in [0.25, 0.3) is 0 Å². The number of hydrazone groups is 1. The molecule has 3 aromatic rings. The van der Waals surface area contributed by atoms with Crippen molar-refractivity contribution in [3.05, 3.63) is 70.7 Å². The second-order valence-corrected chi connectivity index (χ2v) is 6.73. The number of alkyl halides is 3. The van der Waals surface area contributed by atoms with Crippen molar-refractivity contribution in [2.45, 2.75) is 12.6 Å². The number of phenols is 1. The molecule has 1 aromatic heterocycles. The number of para-hydroxylation sites is 1. The van der Waals surface area contributed by atoms with Crippen LogP contribution in [0, 0.1) is 0 Å². The van der Waals surface area contributed by atoms with Gasteiger partial charge in [-0.2, -0.15) is 18.3 Å². The van der Waals surface area contributed by atoms with Crippen molar-refractivity contribution >= 4 is 34.3 Å². The molecule has 0 bridgehead atoms. The van der Waals surface area contributed by atoms with Crippen molar-refractivity contribution in [3.8, 4) is 5.75 Å². The molecule has 150 valence electrons. The van der Waals surface area contributed by atoms with Crippen molar-refractivity contribution in [1.29, 1.82) is 0 Å². The van der Waals surface area contributed by atoms with Crippen LogP contribution in [0.15, 0.2) is 59.0 Å². The van der Waals surface area contributed by atoms with Crippen LogP contribution in [0.5, 0.6) is 5.75 Å². The molecule has 0 aliphatic carbocycles. The smallest absolute Gasteiger partial charge is 0.416 e. The zero-order valence-corrected chi connectivity index (χ0v) is 15.6. The maximum Gasteiger partial charge on any atom is 0.416 e. The van der Waals surface area contributed by atoms with Gasteiger partial charge in [-0.1, -0.05) is 18.2 Å². The molecule has 1 amide bonds. The number of hydrogen-bond acceptors (Lipinski definition) is 6. The van der Waals surface area contributed by atoms with Gasteiger partial charge in [0.25, 0.3) is 0 Å². The fourth-order valence-corrected chi connectivity index (χ4v) is 3.05. The van der Waals surface area contributed by atoms with E-state index >= 15 is 0 Å². The Morgan fingerprint density at radius 2 is 2.00 bits per heavy atom. The first-order valence-electron chi connectivity index (χ1n) is 8.30. The highest BCUT2D eigenvalue weighted by atomic mass is 32.1. The highest BCUT2D eigenvalue weighted by Gasteiger charge is 2.30. The summed E-state index contributed by atoms with van der Waals surface area (Å²) in [4.78, 5) is 16.1. The Bertz CT molecular complexity index is 1030. The van der Waals surface area contributed by atoms with Crippen LogP contribution in [-0.2, 0) is 17.4 Å². The molecule has 10 heteroatoms. The molecule has 3 rings (SSSR count). The second-order valence-electron chi connectivity index (χ2n) is 5.88. The van der Waals surface area contributed by atoms with E-state index in [2.05, 4.69) is 20.8 Å². The number of carbonyl (C=O) groups excluding carboxylic acids is 1. The third kappa shape index (κ3) is 5.79. The predicted molar refractivity (Wildman–Crippen MR) is 104 cm³/mol. The molecule has 3 N–H and O–H groups in total. The summed E-state index contributed by atoms with van der Waals surface area (Å²) in [6.07, 6.45) is -3.17. The third-order valence-electron chi connectivity index (χ3n) is 3.66. The fraction of sp³-hybridized carbons (Fsp3) is 0.105. The number of aromatic nitrogens is 1. The Kier molecular flexibility index (Phi) is 6.13. The van der Waals surface area contributed by atoms with Crippen LogP contribution in [0.2, 0.25) is 0 Å². The van der Waals surface area contributed by atoms with Gasteiger partial charge < -0.3 is 10.4 Å². The zero-order valence-electron chi connectivity index (χ0n) is 14.8. The van der Waals surface area contributed by atoms with Gasteiger partial charge in [-0.3, -0.25) is 4.79 Å². The van der Waals surface area contributed by atoms with Crippen molar-refractivity contribution < 1.29 is 23.1 Å². The molecule has 1 heterocycles. The highest BCUT2D eigenvalue weighted by Crippen LogP contribution is 2.31. The molecule has 0 saturated carbocycles. The molecule has 0 unspecified atom stereocenters. The summed E-state index contributed by atoms with van der Waals surface area (Å²) >= 11 is 1.17. The summed E-state index contributed by atoms with van der Waals surface area (Å²) < 4.78 is 38.3. The van der Waals surface area contributed by atoms with Crippen LogP contribution in [0.1, 0.15) is 16.8 Å². The Labute approximate surface area is 167 Å². The summed E-state index contributed by atoms with van der Waals surface area (Å²) in [7, 11) is 0. The highest BCUT2D eigenvalue weighted by molar-refractivity contribution is 7.13. The number of halogens is 3. The molecule has 29 heavy (non-hydrogen) atoms. The van der Waals surface area contributed by atoms with Gasteiger partial charge in [0.15, 0.2) is 5.13 Å². The topological polar surface area (TPSA) is 86.6 Å². The van der Waals surface area contributed by atoms with Gasteiger partial charge >= 0.3 is 6.18 Å². The van der Waals surface area contributed by atoms with E-state index in [0.29, 0.717) is 16.4 Å². The minimum Gasteiger partial charge on any atom is -0.507 e. The monoisotopic (exact) mass is 420 g/mol. The van der Waals surface area contributed by atoms with Crippen LogP contribution in [0.4, 0.5) is 24.0 Å². The summed E-state index contributed by atoms with van der Waals surface area (Å²) in [6, 6.07) is 11.3. The Morgan fingerprint density at radius 3 is 2.76 bits per heavy atom. The average Bonchev–Trinajstić information content (AvgIpc) is 3.09. The van der Waals surface area contributed by atoms with E-state index in [9.17, 15) is 23.1 Å². The summed E-state index contributed by atoms with van der Waals surface area (Å²) in [5, 5.41) is 18.2. The van der Waals surface area contributed by atoms with Crippen LogP contribution < -0.4 is 10.7 Å². The lowest BCUT2D eigenvalue weighted by Crippen LogP contribution is -2.19. The molecule has 2 aromatic carbocycles. The van der Waals surface area contributed by atoms with Crippen molar-refractivity contribution in [2.24, 2.45) is 5.10 Å². The molecule has 0 radical (unpaired) electrons. The Hall–Kier alpha value is -3.40. The SMILES string of the molecule is O=C(Cc1csc(Nc2cccc(C(F)(F)F)c2)n1)NN=Cc1ccccc1O. The second kappa shape index (κ2) is 8.74. The van der Waals surface area contributed by atoms with Gasteiger partial charge in [0.2, 0.25) is 5.91 Å². The van der Waals surface area contributed by atoms with E-state index in [-0.39, 0.29) is 17.9 Å². The number of carbonyl (C=O) groups is 1. The number of anilines is 2. The molecule has 6 nitrogen and oxygen atoms in total. The molecule has 0 atom stereocenters. The van der Waals surface area contributed by atoms with E-state index in [4.69, 9.17) is 0 Å². The van der Waals surface area contributed by atoms with Gasteiger partial charge in [0, 0.05) is 16.6 Å². The summed E-state index contributed by atoms with van der Waals surface area (Å²) in [5.74, 6) is -0.386. The molecule has 0 saturated heterocycles. The quantitative estimate of drug-likeness (QED) is 0.410. The van der Waals surface area contributed by atoms with Gasteiger partial charge in [-0.15, -0.1) is 11.3 Å². The number of hydrogen-bond donors (Lipinski definition) is 3. The number of nitrogens with one attached hydrogen (secondary N) is 2. The summed E-state index contributed by atoms with van der Waals surface area (Å²) in [5.41, 5.74) is 2.71. The maximum atomic E-state index is 12.8. The lowest BCUT2D eigenvalue weighted by Gasteiger charge is -2.08. The number of aromatic hydroxyl groups is 1. The largest absolute Gasteiger partial charge is 0.507 e. The van der Waals surface area contributed by atoms with E-state index in [0.717, 1.165) is 12.1 Å². The maximum absolute atomic E-state index is 12.8. The normalized spacial score (nSPS) is 11.6. The van der Waals surface area contributed by atoms with Crippen molar-refractivity contribution in [3.63, 3.8) is 0 Å². The van der Waals surface area contributed by atoms with E-state index in [1.54, 1.807) is 23.6 Å². The van der Waals surface area contributed by atoms with Gasteiger partial charge in [-0.05, 0) is 30.3 Å². The van der Waals surface area contributed by atoms with Crippen molar-refractivity contribution in [2.75, 3.05) is 5.32 Å². The lowest BCUT2D eigenvalue weighted by atomic mass is 10.2. The Balaban J connectivity index is 1.56. The first-order valence-corrected chi connectivity index (χ1v) is 9.18. The van der Waals surface area contributed by atoms with E-state index < -0.39 is 17.6 Å². The molecule has 0 fully saturated rings. The minimum absolute atomic E-state index is 0.0373. The number of rotatable bonds is 6. The molecule has 0 aliphatic rings. The van der Waals surface area contributed by atoms with Crippen LogP contribution in [0.3, 0.4) is 0 Å². The molecule has 0 spiro atoms. The van der Waals surface area contributed by atoms with E-state index in [1.165, 1.54) is 35.8 Å². The number of thiazole rings is 1. The number of benzene rings is 2. The fourth-order valence-electron chi connectivity index (χ4n) is 2.32. The molecular weight excluding hydrogens is 405 g/mol. The number of nitrogens with zero attached hydrogens (tertiary/aromatic N) is 2. The lowest BCUT2D eigenvalue weighted by molar-refractivity contribution is -0.137. The number of phenolic OH excluding ortho intramolecular Hbond substituents is 1. The third-order valence-corrected chi connectivity index (χ3v) is 4.47. The van der Waals surface area contributed by atoms with Gasteiger partial charge in [0.05, 0.1) is 23.9 Å². The van der Waals surface area contributed by atoms with Crippen LogP contribution in [-0.4, -0.2) is 22.2 Å². The zero-order chi connectivity index (χ0) is 20.9. The number of amides is 1. The van der Waals surface area contributed by atoms with E-state index in [1.807, 2.05) is 0 Å². The predicted octanol–water partition coefficient (Wildman–Crippen LogP) is 4.30. The van der Waals surface area contributed by atoms with Gasteiger partial charge in [0.1, 0.15) is 5.75 Å². The van der Waals surface area contributed by atoms with Gasteiger partial charge in [-0.25, -0.2) is 10.4 Å². The van der Waals surface area contributed by atoms with Crippen molar-refractivity contribution in [1.82, 2.24) is 10.4 Å². The first-order chi connectivity index (χ1) is 13.8. The summed E-state index contributed by atoms with van der Waals surface area (Å²) in [6.45, 7) is 0. The average molecular weight is 420 g/mol. The first kappa shape index (κ1) is 20.3. The minimum atomic E-state index is -4.43.